The first kappa shape index (κ1) is 9.55. The van der Waals surface area contributed by atoms with Crippen molar-refractivity contribution in [2.24, 2.45) is 0 Å². The molecule has 0 aliphatic rings. The normalized spacial score (nSPS) is 9.58. The predicted octanol–water partition coefficient (Wildman–Crippen LogP) is 2.92. The number of benzene rings is 1. The quantitative estimate of drug-likeness (QED) is 0.753. The van der Waals surface area contributed by atoms with Gasteiger partial charge in [0.2, 0.25) is 0 Å². The maximum absolute atomic E-state index is 10.5. The van der Waals surface area contributed by atoms with Crippen LogP contribution in [0, 0.1) is 0 Å². The molecule has 0 saturated heterocycles. The van der Waals surface area contributed by atoms with Crippen LogP contribution < -0.4 is 4.74 Å². The van der Waals surface area contributed by atoms with E-state index in [0.717, 1.165) is 6.29 Å². The van der Waals surface area contributed by atoms with Gasteiger partial charge in [-0.25, -0.2) is 0 Å². The van der Waals surface area contributed by atoms with Crippen molar-refractivity contribution in [2.45, 2.75) is 0 Å². The molecule has 1 aromatic rings. The highest BCUT2D eigenvalue weighted by Gasteiger charge is 2.09. The molecule has 4 heteroatoms. The smallest absolute Gasteiger partial charge is 0.153 e. The molecule has 1 rings (SSSR count). The molecule has 12 heavy (non-hydrogen) atoms. The van der Waals surface area contributed by atoms with Crippen molar-refractivity contribution in [3.8, 4) is 5.75 Å². The second-order valence-electron chi connectivity index (χ2n) is 2.10. The van der Waals surface area contributed by atoms with Gasteiger partial charge in [0.1, 0.15) is 5.75 Å². The summed E-state index contributed by atoms with van der Waals surface area (Å²) in [6.07, 6.45) is 0.722. The van der Waals surface area contributed by atoms with Crippen LogP contribution in [-0.2, 0) is 0 Å². The molecule has 64 valence electrons. The SMILES string of the molecule is COc1c(C=O)ccc(Cl)c1Br. The monoisotopic (exact) mass is 248 g/mol. The Morgan fingerprint density at radius 1 is 1.58 bits per heavy atom. The van der Waals surface area contributed by atoms with Gasteiger partial charge in [0.15, 0.2) is 6.29 Å². The summed E-state index contributed by atoms with van der Waals surface area (Å²) in [6, 6.07) is 3.25. The minimum absolute atomic E-state index is 0.470. The van der Waals surface area contributed by atoms with Gasteiger partial charge >= 0.3 is 0 Å². The highest BCUT2D eigenvalue weighted by atomic mass is 79.9. The van der Waals surface area contributed by atoms with Crippen LogP contribution in [0.15, 0.2) is 16.6 Å². The number of aldehydes is 1. The second-order valence-corrected chi connectivity index (χ2v) is 3.30. The molecule has 1 aromatic carbocycles. The first-order valence-corrected chi connectivity index (χ1v) is 4.35. The Morgan fingerprint density at radius 3 is 2.75 bits per heavy atom. The third-order valence-corrected chi connectivity index (χ3v) is 2.74. The Kier molecular flexibility index (Phi) is 3.12. The van der Waals surface area contributed by atoms with Crippen molar-refractivity contribution in [1.29, 1.82) is 0 Å². The Labute approximate surface area is 83.6 Å². The van der Waals surface area contributed by atoms with Gasteiger partial charge in [0.05, 0.1) is 22.2 Å². The molecule has 0 saturated carbocycles. The summed E-state index contributed by atoms with van der Waals surface area (Å²) in [7, 11) is 1.49. The van der Waals surface area contributed by atoms with E-state index in [1.54, 1.807) is 12.1 Å². The summed E-state index contributed by atoms with van der Waals surface area (Å²) in [6.45, 7) is 0. The largest absolute Gasteiger partial charge is 0.495 e. The lowest BCUT2D eigenvalue weighted by molar-refractivity contribution is 0.112. The van der Waals surface area contributed by atoms with Crippen LogP contribution in [0.3, 0.4) is 0 Å². The molecular formula is C8H6BrClO2. The molecule has 0 amide bonds. The fraction of sp³-hybridized carbons (Fsp3) is 0.125. The minimum atomic E-state index is 0.470. The molecule has 0 unspecified atom stereocenters. The molecule has 0 radical (unpaired) electrons. The molecule has 0 heterocycles. The number of hydrogen-bond donors (Lipinski definition) is 0. The van der Waals surface area contributed by atoms with E-state index in [1.807, 2.05) is 0 Å². The Balaban J connectivity index is 3.35. The number of carbonyl (C=O) groups is 1. The average Bonchev–Trinajstić information content (AvgIpc) is 2.09. The van der Waals surface area contributed by atoms with Gasteiger partial charge in [-0.05, 0) is 28.1 Å². The molecule has 2 nitrogen and oxygen atoms in total. The molecule has 0 aliphatic carbocycles. The zero-order valence-electron chi connectivity index (χ0n) is 6.30. The van der Waals surface area contributed by atoms with Crippen molar-refractivity contribution in [1.82, 2.24) is 0 Å². The lowest BCUT2D eigenvalue weighted by Gasteiger charge is -2.06. The molecule has 0 N–H and O–H groups in total. The lowest BCUT2D eigenvalue weighted by atomic mass is 10.2. The van der Waals surface area contributed by atoms with E-state index in [0.29, 0.717) is 20.8 Å². The molecule has 0 bridgehead atoms. The van der Waals surface area contributed by atoms with E-state index < -0.39 is 0 Å². The van der Waals surface area contributed by atoms with Crippen molar-refractivity contribution >= 4 is 33.8 Å². The zero-order chi connectivity index (χ0) is 9.14. The molecular weight excluding hydrogens is 243 g/mol. The molecule has 0 fully saturated rings. The first-order valence-electron chi connectivity index (χ1n) is 3.18. The van der Waals surface area contributed by atoms with Gasteiger partial charge < -0.3 is 4.74 Å². The van der Waals surface area contributed by atoms with Gasteiger partial charge in [0, 0.05) is 0 Å². The Bertz CT molecular complexity index is 312. The minimum Gasteiger partial charge on any atom is -0.495 e. The molecule has 0 aliphatic heterocycles. The van der Waals surface area contributed by atoms with Crippen LogP contribution in [0.4, 0.5) is 0 Å². The van der Waals surface area contributed by atoms with Gasteiger partial charge in [-0.15, -0.1) is 0 Å². The van der Waals surface area contributed by atoms with Crippen LogP contribution in [0.1, 0.15) is 10.4 Å². The van der Waals surface area contributed by atoms with Crippen molar-refractivity contribution < 1.29 is 9.53 Å². The molecule has 0 aromatic heterocycles. The molecule has 0 atom stereocenters. The second kappa shape index (κ2) is 3.92. The maximum atomic E-state index is 10.5. The topological polar surface area (TPSA) is 26.3 Å². The van der Waals surface area contributed by atoms with Crippen LogP contribution in [0.25, 0.3) is 0 Å². The van der Waals surface area contributed by atoms with E-state index in [9.17, 15) is 4.79 Å². The van der Waals surface area contributed by atoms with Crippen LogP contribution >= 0.6 is 27.5 Å². The van der Waals surface area contributed by atoms with Gasteiger partial charge in [-0.3, -0.25) is 4.79 Å². The summed E-state index contributed by atoms with van der Waals surface area (Å²) < 4.78 is 5.59. The van der Waals surface area contributed by atoms with Gasteiger partial charge in [0.25, 0.3) is 0 Å². The number of methoxy groups -OCH3 is 1. The summed E-state index contributed by atoms with van der Waals surface area (Å²) in [4.78, 5) is 10.5. The van der Waals surface area contributed by atoms with Gasteiger partial charge in [-0.2, -0.15) is 0 Å². The number of ether oxygens (including phenoxy) is 1. The lowest BCUT2D eigenvalue weighted by Crippen LogP contribution is -1.91. The number of rotatable bonds is 2. The maximum Gasteiger partial charge on any atom is 0.153 e. The van der Waals surface area contributed by atoms with E-state index in [-0.39, 0.29) is 0 Å². The Hall–Kier alpha value is -0.540. The van der Waals surface area contributed by atoms with Gasteiger partial charge in [-0.1, -0.05) is 11.6 Å². The van der Waals surface area contributed by atoms with Crippen LogP contribution in [0.2, 0.25) is 5.02 Å². The zero-order valence-corrected chi connectivity index (χ0v) is 8.65. The average molecular weight is 249 g/mol. The van der Waals surface area contributed by atoms with Crippen molar-refractivity contribution in [3.63, 3.8) is 0 Å². The first-order chi connectivity index (χ1) is 5.70. The highest BCUT2D eigenvalue weighted by molar-refractivity contribution is 9.10. The number of hydrogen-bond acceptors (Lipinski definition) is 2. The van der Waals surface area contributed by atoms with E-state index >= 15 is 0 Å². The standard InChI is InChI=1S/C8H6BrClO2/c1-12-8-5(4-11)2-3-6(10)7(8)9/h2-4H,1H3. The summed E-state index contributed by atoms with van der Waals surface area (Å²) in [5, 5.41) is 0.525. The summed E-state index contributed by atoms with van der Waals surface area (Å²) in [5.41, 5.74) is 0.480. The summed E-state index contributed by atoms with van der Waals surface area (Å²) in [5.74, 6) is 0.470. The van der Waals surface area contributed by atoms with Crippen LogP contribution in [-0.4, -0.2) is 13.4 Å². The third kappa shape index (κ3) is 1.62. The van der Waals surface area contributed by atoms with E-state index in [1.165, 1.54) is 7.11 Å². The molecule has 0 spiro atoms. The van der Waals surface area contributed by atoms with Crippen LogP contribution in [0.5, 0.6) is 5.75 Å². The predicted molar refractivity (Wildman–Crippen MR) is 51.1 cm³/mol. The number of carbonyl (C=O) groups excluding carboxylic acids is 1. The van der Waals surface area contributed by atoms with E-state index in [2.05, 4.69) is 15.9 Å². The van der Waals surface area contributed by atoms with E-state index in [4.69, 9.17) is 16.3 Å². The highest BCUT2D eigenvalue weighted by Crippen LogP contribution is 2.34. The van der Waals surface area contributed by atoms with Crippen molar-refractivity contribution in [3.05, 3.63) is 27.2 Å². The fourth-order valence-electron chi connectivity index (χ4n) is 0.847. The van der Waals surface area contributed by atoms with Crippen molar-refractivity contribution in [2.75, 3.05) is 7.11 Å². The summed E-state index contributed by atoms with van der Waals surface area (Å²) >= 11 is 8.99. The fourth-order valence-corrected chi connectivity index (χ4v) is 1.52. The Morgan fingerprint density at radius 2 is 2.25 bits per heavy atom. The number of halogens is 2. The third-order valence-electron chi connectivity index (χ3n) is 1.41.